The number of hydrogen-bond acceptors (Lipinski definition) is 2. The largest absolute Gasteiger partial charge is 0.366 e. The van der Waals surface area contributed by atoms with Crippen LogP contribution in [0.25, 0.3) is 0 Å². The lowest BCUT2D eigenvalue weighted by Gasteiger charge is -2.06. The third kappa shape index (κ3) is 2.79. The van der Waals surface area contributed by atoms with Gasteiger partial charge in [-0.1, -0.05) is 18.2 Å². The molecule has 0 saturated carbocycles. The number of anilines is 1. The summed E-state index contributed by atoms with van der Waals surface area (Å²) in [5.74, 6) is 0.627. The summed E-state index contributed by atoms with van der Waals surface area (Å²) in [6.45, 7) is 2.60. The van der Waals surface area contributed by atoms with Gasteiger partial charge in [-0.15, -0.1) is 0 Å². The maximum atomic E-state index is 12.7. The minimum atomic E-state index is -0.211. The Morgan fingerprint density at radius 1 is 1.12 bits per heavy atom. The van der Waals surface area contributed by atoms with Crippen LogP contribution < -0.4 is 5.32 Å². The van der Waals surface area contributed by atoms with Crippen LogP contribution in [-0.2, 0) is 6.54 Å². The van der Waals surface area contributed by atoms with Gasteiger partial charge in [0.25, 0.3) is 0 Å². The highest BCUT2D eigenvalue weighted by molar-refractivity contribution is 5.36. The molecule has 0 unspecified atom stereocenters. The SMILES string of the molecule is Cc1cccc(NCc2ccc(F)cc2)n1. The van der Waals surface area contributed by atoms with E-state index in [1.165, 1.54) is 12.1 Å². The molecule has 82 valence electrons. The summed E-state index contributed by atoms with van der Waals surface area (Å²) in [7, 11) is 0. The molecule has 2 rings (SSSR count). The van der Waals surface area contributed by atoms with E-state index in [1.807, 2.05) is 25.1 Å². The van der Waals surface area contributed by atoms with Crippen molar-refractivity contribution in [2.45, 2.75) is 13.5 Å². The van der Waals surface area contributed by atoms with E-state index in [4.69, 9.17) is 0 Å². The molecule has 0 saturated heterocycles. The van der Waals surface area contributed by atoms with Crippen LogP contribution in [-0.4, -0.2) is 4.98 Å². The maximum Gasteiger partial charge on any atom is 0.126 e. The van der Waals surface area contributed by atoms with E-state index < -0.39 is 0 Å². The summed E-state index contributed by atoms with van der Waals surface area (Å²) >= 11 is 0. The molecule has 0 aliphatic heterocycles. The smallest absolute Gasteiger partial charge is 0.126 e. The van der Waals surface area contributed by atoms with E-state index in [1.54, 1.807) is 12.1 Å². The lowest BCUT2D eigenvalue weighted by molar-refractivity contribution is 0.627. The molecule has 1 N–H and O–H groups in total. The topological polar surface area (TPSA) is 24.9 Å². The first-order valence-electron chi connectivity index (χ1n) is 5.16. The number of benzene rings is 1. The highest BCUT2D eigenvalue weighted by atomic mass is 19.1. The molecule has 0 spiro atoms. The van der Waals surface area contributed by atoms with E-state index >= 15 is 0 Å². The number of rotatable bonds is 3. The molecule has 0 radical (unpaired) electrons. The average molecular weight is 216 g/mol. The molecule has 3 heteroatoms. The van der Waals surface area contributed by atoms with Crippen LogP contribution in [0.5, 0.6) is 0 Å². The number of nitrogens with one attached hydrogen (secondary N) is 1. The zero-order valence-electron chi connectivity index (χ0n) is 9.07. The number of aryl methyl sites for hydroxylation is 1. The highest BCUT2D eigenvalue weighted by Gasteiger charge is 1.96. The van der Waals surface area contributed by atoms with Gasteiger partial charge >= 0.3 is 0 Å². The fourth-order valence-corrected chi connectivity index (χ4v) is 1.44. The number of pyridine rings is 1. The van der Waals surface area contributed by atoms with E-state index in [2.05, 4.69) is 10.3 Å². The Bertz CT molecular complexity index is 466. The zero-order chi connectivity index (χ0) is 11.4. The van der Waals surface area contributed by atoms with Crippen molar-refractivity contribution in [2.75, 3.05) is 5.32 Å². The van der Waals surface area contributed by atoms with Gasteiger partial charge < -0.3 is 5.32 Å². The number of nitrogens with zero attached hydrogens (tertiary/aromatic N) is 1. The zero-order valence-corrected chi connectivity index (χ0v) is 9.07. The van der Waals surface area contributed by atoms with Crippen LogP contribution in [0.4, 0.5) is 10.2 Å². The molecule has 0 bridgehead atoms. The number of halogens is 1. The van der Waals surface area contributed by atoms with Crippen molar-refractivity contribution in [3.63, 3.8) is 0 Å². The molecule has 1 heterocycles. The van der Waals surface area contributed by atoms with Gasteiger partial charge in [0.2, 0.25) is 0 Å². The Labute approximate surface area is 94.2 Å². The number of hydrogen-bond donors (Lipinski definition) is 1. The predicted molar refractivity (Wildman–Crippen MR) is 62.7 cm³/mol. The van der Waals surface area contributed by atoms with Gasteiger partial charge in [-0.25, -0.2) is 9.37 Å². The molecule has 16 heavy (non-hydrogen) atoms. The van der Waals surface area contributed by atoms with Crippen LogP contribution in [0.2, 0.25) is 0 Å². The standard InChI is InChI=1S/C13H13FN2/c1-10-3-2-4-13(16-10)15-9-11-5-7-12(14)8-6-11/h2-8H,9H2,1H3,(H,15,16). The molecule has 0 atom stereocenters. The van der Waals surface area contributed by atoms with Gasteiger partial charge in [0.15, 0.2) is 0 Å². The Morgan fingerprint density at radius 3 is 2.56 bits per heavy atom. The van der Waals surface area contributed by atoms with Crippen LogP contribution in [0.3, 0.4) is 0 Å². The third-order valence-corrected chi connectivity index (χ3v) is 2.28. The van der Waals surface area contributed by atoms with Gasteiger partial charge in [-0.2, -0.15) is 0 Å². The first kappa shape index (κ1) is 10.6. The Hall–Kier alpha value is -1.90. The van der Waals surface area contributed by atoms with Crippen LogP contribution >= 0.6 is 0 Å². The maximum absolute atomic E-state index is 12.7. The molecular weight excluding hydrogens is 203 g/mol. The molecule has 0 aliphatic rings. The van der Waals surface area contributed by atoms with Gasteiger partial charge in [-0.05, 0) is 36.8 Å². The summed E-state index contributed by atoms with van der Waals surface area (Å²) in [6, 6.07) is 12.3. The van der Waals surface area contributed by atoms with Gasteiger partial charge in [0.1, 0.15) is 11.6 Å². The van der Waals surface area contributed by atoms with Gasteiger partial charge in [0.05, 0.1) is 0 Å². The quantitative estimate of drug-likeness (QED) is 0.852. The molecule has 2 nitrogen and oxygen atoms in total. The molecule has 0 amide bonds. The summed E-state index contributed by atoms with van der Waals surface area (Å²) in [5, 5.41) is 3.19. The highest BCUT2D eigenvalue weighted by Crippen LogP contribution is 2.08. The Kier molecular flexibility index (Phi) is 3.15. The average Bonchev–Trinajstić information content (AvgIpc) is 2.28. The molecule has 1 aromatic carbocycles. The van der Waals surface area contributed by atoms with E-state index in [0.717, 1.165) is 17.1 Å². The van der Waals surface area contributed by atoms with Crippen molar-refractivity contribution >= 4 is 5.82 Å². The fourth-order valence-electron chi connectivity index (χ4n) is 1.44. The molecule has 0 aliphatic carbocycles. The fraction of sp³-hybridized carbons (Fsp3) is 0.154. The molecule has 0 fully saturated rings. The van der Waals surface area contributed by atoms with E-state index in [9.17, 15) is 4.39 Å². The van der Waals surface area contributed by atoms with Crippen molar-refractivity contribution in [1.29, 1.82) is 0 Å². The van der Waals surface area contributed by atoms with Crippen LogP contribution in [0, 0.1) is 12.7 Å². The predicted octanol–water partition coefficient (Wildman–Crippen LogP) is 3.14. The number of aromatic nitrogens is 1. The van der Waals surface area contributed by atoms with Crippen molar-refractivity contribution in [1.82, 2.24) is 4.98 Å². The Morgan fingerprint density at radius 2 is 1.88 bits per heavy atom. The monoisotopic (exact) mass is 216 g/mol. The Balaban J connectivity index is 1.99. The van der Waals surface area contributed by atoms with E-state index in [0.29, 0.717) is 6.54 Å². The lowest BCUT2D eigenvalue weighted by Crippen LogP contribution is -2.01. The second-order valence-corrected chi connectivity index (χ2v) is 3.64. The van der Waals surface area contributed by atoms with E-state index in [-0.39, 0.29) is 5.82 Å². The first-order valence-corrected chi connectivity index (χ1v) is 5.16. The lowest BCUT2D eigenvalue weighted by atomic mass is 10.2. The van der Waals surface area contributed by atoms with Gasteiger partial charge in [0, 0.05) is 12.2 Å². The summed E-state index contributed by atoms with van der Waals surface area (Å²) in [6.07, 6.45) is 0. The summed E-state index contributed by atoms with van der Waals surface area (Å²) in [4.78, 5) is 4.32. The third-order valence-electron chi connectivity index (χ3n) is 2.28. The minimum absolute atomic E-state index is 0.211. The minimum Gasteiger partial charge on any atom is -0.366 e. The second kappa shape index (κ2) is 4.75. The van der Waals surface area contributed by atoms with Crippen LogP contribution in [0.1, 0.15) is 11.3 Å². The second-order valence-electron chi connectivity index (χ2n) is 3.64. The van der Waals surface area contributed by atoms with Crippen molar-refractivity contribution in [3.05, 3.63) is 59.5 Å². The molecule has 1 aromatic heterocycles. The van der Waals surface area contributed by atoms with Crippen LogP contribution in [0.15, 0.2) is 42.5 Å². The van der Waals surface area contributed by atoms with Crippen molar-refractivity contribution in [2.24, 2.45) is 0 Å². The first-order chi connectivity index (χ1) is 7.74. The van der Waals surface area contributed by atoms with Crippen molar-refractivity contribution < 1.29 is 4.39 Å². The molecular formula is C13H13FN2. The molecule has 2 aromatic rings. The summed E-state index contributed by atoms with van der Waals surface area (Å²) < 4.78 is 12.7. The van der Waals surface area contributed by atoms with Gasteiger partial charge in [-0.3, -0.25) is 0 Å². The summed E-state index contributed by atoms with van der Waals surface area (Å²) in [5.41, 5.74) is 2.01. The normalized spacial score (nSPS) is 10.1. The van der Waals surface area contributed by atoms with Crippen molar-refractivity contribution in [3.8, 4) is 0 Å².